The molecule has 0 aromatic carbocycles. The Hall–Kier alpha value is -1.85. The van der Waals surface area contributed by atoms with E-state index in [0.29, 0.717) is 18.6 Å². The summed E-state index contributed by atoms with van der Waals surface area (Å²) in [5.41, 5.74) is 2.77. The van der Waals surface area contributed by atoms with E-state index in [1.165, 1.54) is 0 Å². The van der Waals surface area contributed by atoms with E-state index < -0.39 is 8.07 Å². The zero-order valence-corrected chi connectivity index (χ0v) is 23.4. The second-order valence-corrected chi connectivity index (χ2v) is 17.2. The molecular weight excluding hydrogens is 472 g/mol. The van der Waals surface area contributed by atoms with Gasteiger partial charge in [0.2, 0.25) is 0 Å². The summed E-state index contributed by atoms with van der Waals surface area (Å²) < 4.78 is 22.1. The van der Waals surface area contributed by atoms with Gasteiger partial charge in [0.15, 0.2) is 11.3 Å². The zero-order chi connectivity index (χ0) is 25.1. The maximum Gasteiger partial charge on any atom is 0.179 e. The number of fused-ring (bicyclic) bond motifs is 3. The first-order valence-electron chi connectivity index (χ1n) is 13.6. The lowest BCUT2D eigenvalue weighted by Crippen LogP contribution is -2.38. The summed E-state index contributed by atoms with van der Waals surface area (Å²) in [6.45, 7) is 16.2. The molecule has 0 bridgehead atoms. The number of rotatable bonds is 11. The molecule has 0 N–H and O–H groups in total. The molecule has 2 aliphatic rings. The molecule has 36 heavy (non-hydrogen) atoms. The lowest BCUT2D eigenvalue weighted by atomic mass is 9.93. The molecule has 1 aliphatic heterocycles. The highest BCUT2D eigenvalue weighted by Crippen LogP contribution is 2.42. The molecule has 10 heteroatoms. The maximum absolute atomic E-state index is 6.38. The Morgan fingerprint density at radius 2 is 1.94 bits per heavy atom. The van der Waals surface area contributed by atoms with E-state index in [9.17, 15) is 0 Å². The van der Waals surface area contributed by atoms with Crippen LogP contribution in [0.25, 0.3) is 16.8 Å². The van der Waals surface area contributed by atoms with Gasteiger partial charge >= 0.3 is 0 Å². The molecule has 2 fully saturated rings. The lowest BCUT2D eigenvalue weighted by Gasteiger charge is -2.26. The molecule has 3 atom stereocenters. The molecule has 0 radical (unpaired) electrons. The van der Waals surface area contributed by atoms with Crippen LogP contribution >= 0.6 is 0 Å². The first-order valence-corrected chi connectivity index (χ1v) is 17.3. The second-order valence-electron chi connectivity index (χ2n) is 11.5. The van der Waals surface area contributed by atoms with Crippen LogP contribution in [0.1, 0.15) is 37.9 Å². The molecule has 5 rings (SSSR count). The van der Waals surface area contributed by atoms with Crippen LogP contribution in [-0.4, -0.2) is 89.3 Å². The monoisotopic (exact) mass is 514 g/mol. The maximum atomic E-state index is 6.38. The minimum atomic E-state index is -1.10. The highest BCUT2D eigenvalue weighted by molar-refractivity contribution is 6.76. The first kappa shape index (κ1) is 25.8. The molecule has 3 aromatic rings. The molecular formula is C26H42N6O3Si. The lowest BCUT2D eigenvalue weighted by molar-refractivity contribution is 0.00235. The molecule has 198 valence electrons. The third-order valence-corrected chi connectivity index (χ3v) is 9.47. The Bertz CT molecular complexity index is 1140. The van der Waals surface area contributed by atoms with Crippen LogP contribution in [0.4, 0.5) is 0 Å². The van der Waals surface area contributed by atoms with Crippen LogP contribution in [0.3, 0.4) is 0 Å². The Kier molecular flexibility index (Phi) is 8.07. The Balaban J connectivity index is 1.28. The summed E-state index contributed by atoms with van der Waals surface area (Å²) in [5, 5.41) is 9.18. The van der Waals surface area contributed by atoms with Gasteiger partial charge in [-0.2, -0.15) is 0 Å². The van der Waals surface area contributed by atoms with E-state index in [1.54, 1.807) is 0 Å². The number of nitrogens with zero attached hydrogens (tertiary/aromatic N) is 6. The average Bonchev–Trinajstić information content (AvgIpc) is 3.58. The fourth-order valence-electron chi connectivity index (χ4n) is 5.56. The summed E-state index contributed by atoms with van der Waals surface area (Å²) in [4.78, 5) is 7.14. The van der Waals surface area contributed by atoms with Crippen molar-refractivity contribution in [3.63, 3.8) is 0 Å². The molecule has 4 heterocycles. The second kappa shape index (κ2) is 11.3. The molecule has 1 saturated heterocycles. The molecule has 0 spiro atoms. The van der Waals surface area contributed by atoms with Gasteiger partial charge in [0.1, 0.15) is 12.6 Å². The minimum absolute atomic E-state index is 0.273. The molecule has 1 aliphatic carbocycles. The summed E-state index contributed by atoms with van der Waals surface area (Å²) in [7, 11) is -1.10. The van der Waals surface area contributed by atoms with E-state index in [0.717, 1.165) is 94.0 Å². The Labute approximate surface area is 215 Å². The van der Waals surface area contributed by atoms with Gasteiger partial charge in [0.05, 0.1) is 37.6 Å². The topological polar surface area (TPSA) is 78.9 Å². The van der Waals surface area contributed by atoms with Crippen LogP contribution in [0.5, 0.6) is 0 Å². The van der Waals surface area contributed by atoms with Gasteiger partial charge in [-0.1, -0.05) is 33.0 Å². The highest BCUT2D eigenvalue weighted by Gasteiger charge is 2.38. The third-order valence-electron chi connectivity index (χ3n) is 7.77. The summed E-state index contributed by atoms with van der Waals surface area (Å²) in [6.07, 6.45) is 7.37. The number of aromatic nitrogens is 5. The molecule has 3 unspecified atom stereocenters. The number of ether oxygens (including phenoxy) is 3. The first-order chi connectivity index (χ1) is 17.4. The quantitative estimate of drug-likeness (QED) is 0.283. The standard InChI is InChI=1S/C26H42N6O3Si/c1-5-20-16-21(35-13-10-30-8-11-33-12-9-30)17-22(20)25-29-28-24-18-27-26-23(32(24)25)6-7-31(26)19-34-14-15-36(2,3)4/h6-7,18,20-22H,5,8-17,19H2,1-4H3. The minimum Gasteiger partial charge on any atom is -0.379 e. The van der Waals surface area contributed by atoms with E-state index in [-0.39, 0.29) is 6.10 Å². The van der Waals surface area contributed by atoms with Crippen molar-refractivity contribution in [1.82, 2.24) is 29.0 Å². The zero-order valence-electron chi connectivity index (χ0n) is 22.4. The molecule has 0 amide bonds. The van der Waals surface area contributed by atoms with Crippen molar-refractivity contribution in [2.45, 2.75) is 70.6 Å². The van der Waals surface area contributed by atoms with E-state index in [4.69, 9.17) is 19.2 Å². The summed E-state index contributed by atoms with van der Waals surface area (Å²) in [5.74, 6) is 1.92. The van der Waals surface area contributed by atoms with Crippen LogP contribution in [0.2, 0.25) is 25.7 Å². The van der Waals surface area contributed by atoms with Crippen LogP contribution in [0.15, 0.2) is 18.5 Å². The van der Waals surface area contributed by atoms with Gasteiger partial charge in [0, 0.05) is 46.4 Å². The van der Waals surface area contributed by atoms with E-state index in [2.05, 4.69) is 62.9 Å². The van der Waals surface area contributed by atoms with Crippen LogP contribution < -0.4 is 0 Å². The molecule has 1 saturated carbocycles. The third kappa shape index (κ3) is 5.83. The van der Waals surface area contributed by atoms with Gasteiger partial charge < -0.3 is 18.8 Å². The van der Waals surface area contributed by atoms with Crippen molar-refractivity contribution in [3.8, 4) is 0 Å². The van der Waals surface area contributed by atoms with Crippen molar-refractivity contribution < 1.29 is 14.2 Å². The van der Waals surface area contributed by atoms with E-state index in [1.807, 2.05) is 6.20 Å². The fourth-order valence-corrected chi connectivity index (χ4v) is 6.32. The summed E-state index contributed by atoms with van der Waals surface area (Å²) >= 11 is 0. The number of morpholine rings is 1. The predicted molar refractivity (Wildman–Crippen MR) is 143 cm³/mol. The number of hydrogen-bond acceptors (Lipinski definition) is 7. The van der Waals surface area contributed by atoms with Crippen molar-refractivity contribution in [1.29, 1.82) is 0 Å². The Morgan fingerprint density at radius 1 is 1.11 bits per heavy atom. The predicted octanol–water partition coefficient (Wildman–Crippen LogP) is 4.01. The van der Waals surface area contributed by atoms with Crippen molar-refractivity contribution in [2.24, 2.45) is 5.92 Å². The average molecular weight is 515 g/mol. The summed E-state index contributed by atoms with van der Waals surface area (Å²) in [6, 6.07) is 3.28. The largest absolute Gasteiger partial charge is 0.379 e. The van der Waals surface area contributed by atoms with E-state index >= 15 is 0 Å². The normalized spacial score (nSPS) is 23.8. The van der Waals surface area contributed by atoms with Crippen LogP contribution in [-0.2, 0) is 20.9 Å². The van der Waals surface area contributed by atoms with Crippen LogP contribution in [0, 0.1) is 5.92 Å². The van der Waals surface area contributed by atoms with Crippen molar-refractivity contribution in [3.05, 3.63) is 24.3 Å². The van der Waals surface area contributed by atoms with Crippen molar-refractivity contribution in [2.75, 3.05) is 46.1 Å². The highest BCUT2D eigenvalue weighted by atomic mass is 28.3. The van der Waals surface area contributed by atoms with Gasteiger partial charge in [-0.3, -0.25) is 9.30 Å². The smallest absolute Gasteiger partial charge is 0.179 e. The van der Waals surface area contributed by atoms with Gasteiger partial charge in [-0.25, -0.2) is 4.98 Å². The molecule has 3 aromatic heterocycles. The van der Waals surface area contributed by atoms with Gasteiger partial charge in [-0.15, -0.1) is 10.2 Å². The fraction of sp³-hybridized carbons (Fsp3) is 0.731. The number of hydrogen-bond donors (Lipinski definition) is 0. The van der Waals surface area contributed by atoms with Gasteiger partial charge in [0.25, 0.3) is 0 Å². The van der Waals surface area contributed by atoms with Crippen molar-refractivity contribution >= 4 is 24.9 Å². The molecule has 9 nitrogen and oxygen atoms in total. The van der Waals surface area contributed by atoms with Gasteiger partial charge in [-0.05, 0) is 30.9 Å². The Morgan fingerprint density at radius 3 is 2.72 bits per heavy atom. The SMILES string of the molecule is CCC1CC(OCCN2CCOCC2)CC1c1nnc2cnc3c(ccn3COCC[Si](C)(C)C)n12.